The summed E-state index contributed by atoms with van der Waals surface area (Å²) >= 11 is 0. The predicted octanol–water partition coefficient (Wildman–Crippen LogP) is 1.68. The maximum Gasteiger partial charge on any atom is 0.270 e. The van der Waals surface area contributed by atoms with Crippen molar-refractivity contribution in [2.75, 3.05) is 14.1 Å². The Kier molecular flexibility index (Phi) is 4.31. The third kappa shape index (κ3) is 3.29. The van der Waals surface area contributed by atoms with Gasteiger partial charge in [0.25, 0.3) is 5.91 Å². The Labute approximate surface area is 108 Å². The SMILES string of the molecule is CN(C)C1CCC(NC(=O)c2ccccn2)CC1. The smallest absolute Gasteiger partial charge is 0.270 e. The zero-order chi connectivity index (χ0) is 13.0. The number of pyridine rings is 1. The fourth-order valence-corrected chi connectivity index (χ4v) is 2.49. The van der Waals surface area contributed by atoms with E-state index in [1.807, 2.05) is 12.1 Å². The van der Waals surface area contributed by atoms with E-state index in [1.165, 1.54) is 0 Å². The molecule has 1 N–H and O–H groups in total. The molecule has 1 aromatic rings. The number of nitrogens with one attached hydrogen (secondary N) is 1. The summed E-state index contributed by atoms with van der Waals surface area (Å²) in [7, 11) is 4.24. The van der Waals surface area contributed by atoms with E-state index in [-0.39, 0.29) is 5.91 Å². The van der Waals surface area contributed by atoms with Crippen LogP contribution in [0.1, 0.15) is 36.2 Å². The van der Waals surface area contributed by atoms with Gasteiger partial charge in [-0.2, -0.15) is 0 Å². The topological polar surface area (TPSA) is 45.2 Å². The summed E-state index contributed by atoms with van der Waals surface area (Å²) in [6.45, 7) is 0. The normalized spacial score (nSPS) is 23.9. The van der Waals surface area contributed by atoms with E-state index < -0.39 is 0 Å². The number of carbonyl (C=O) groups is 1. The summed E-state index contributed by atoms with van der Waals surface area (Å²) in [5, 5.41) is 3.07. The number of rotatable bonds is 3. The number of carbonyl (C=O) groups excluding carboxylic acids is 1. The molecule has 18 heavy (non-hydrogen) atoms. The molecule has 0 bridgehead atoms. The van der Waals surface area contributed by atoms with Crippen LogP contribution in [0.4, 0.5) is 0 Å². The molecule has 1 saturated carbocycles. The Morgan fingerprint density at radius 3 is 2.56 bits per heavy atom. The molecule has 0 aromatic carbocycles. The van der Waals surface area contributed by atoms with Crippen LogP contribution in [0.3, 0.4) is 0 Å². The highest BCUT2D eigenvalue weighted by Gasteiger charge is 2.23. The molecule has 1 aliphatic rings. The van der Waals surface area contributed by atoms with Crippen molar-refractivity contribution in [3.63, 3.8) is 0 Å². The van der Waals surface area contributed by atoms with Crippen molar-refractivity contribution in [3.05, 3.63) is 30.1 Å². The molecule has 1 aromatic heterocycles. The molecule has 1 amide bonds. The van der Waals surface area contributed by atoms with Gasteiger partial charge in [0, 0.05) is 18.3 Å². The van der Waals surface area contributed by atoms with Crippen molar-refractivity contribution >= 4 is 5.91 Å². The van der Waals surface area contributed by atoms with Crippen molar-refractivity contribution in [2.24, 2.45) is 0 Å². The maximum absolute atomic E-state index is 11.9. The summed E-state index contributed by atoms with van der Waals surface area (Å²) in [5.41, 5.74) is 0.507. The lowest BCUT2D eigenvalue weighted by atomic mass is 9.90. The second-order valence-corrected chi connectivity index (χ2v) is 5.16. The third-order valence-corrected chi connectivity index (χ3v) is 3.66. The lowest BCUT2D eigenvalue weighted by Gasteiger charge is -2.32. The highest BCUT2D eigenvalue weighted by molar-refractivity contribution is 5.92. The summed E-state index contributed by atoms with van der Waals surface area (Å²) < 4.78 is 0. The molecule has 1 aliphatic carbocycles. The Morgan fingerprint density at radius 1 is 1.28 bits per heavy atom. The van der Waals surface area contributed by atoms with E-state index in [2.05, 4.69) is 29.3 Å². The molecule has 0 atom stereocenters. The minimum absolute atomic E-state index is 0.0519. The van der Waals surface area contributed by atoms with Gasteiger partial charge in [0.05, 0.1) is 0 Å². The van der Waals surface area contributed by atoms with Crippen LogP contribution in [-0.4, -0.2) is 42.0 Å². The van der Waals surface area contributed by atoms with E-state index in [0.29, 0.717) is 17.8 Å². The van der Waals surface area contributed by atoms with E-state index in [0.717, 1.165) is 25.7 Å². The predicted molar refractivity (Wildman–Crippen MR) is 71.4 cm³/mol. The molecule has 2 rings (SSSR count). The van der Waals surface area contributed by atoms with E-state index in [9.17, 15) is 4.79 Å². The van der Waals surface area contributed by atoms with Gasteiger partial charge in [-0.25, -0.2) is 0 Å². The molecule has 1 heterocycles. The first-order valence-electron chi connectivity index (χ1n) is 6.55. The minimum Gasteiger partial charge on any atom is -0.348 e. The van der Waals surface area contributed by atoms with Crippen molar-refractivity contribution < 1.29 is 4.79 Å². The number of hydrogen-bond donors (Lipinski definition) is 1. The van der Waals surface area contributed by atoms with Crippen LogP contribution in [0.25, 0.3) is 0 Å². The van der Waals surface area contributed by atoms with Gasteiger partial charge in [0.2, 0.25) is 0 Å². The molecule has 0 unspecified atom stereocenters. The molecule has 4 nitrogen and oxygen atoms in total. The zero-order valence-electron chi connectivity index (χ0n) is 11.1. The molecule has 1 fully saturated rings. The first-order chi connectivity index (χ1) is 8.66. The second kappa shape index (κ2) is 5.96. The van der Waals surface area contributed by atoms with Crippen LogP contribution in [0, 0.1) is 0 Å². The van der Waals surface area contributed by atoms with Crippen molar-refractivity contribution in [1.82, 2.24) is 15.2 Å². The molecule has 98 valence electrons. The van der Waals surface area contributed by atoms with Gasteiger partial charge in [-0.15, -0.1) is 0 Å². The van der Waals surface area contributed by atoms with Crippen molar-refractivity contribution in [2.45, 2.75) is 37.8 Å². The molecule has 0 spiro atoms. The fourth-order valence-electron chi connectivity index (χ4n) is 2.49. The van der Waals surface area contributed by atoms with Crippen LogP contribution in [0.5, 0.6) is 0 Å². The summed E-state index contributed by atoms with van der Waals surface area (Å²) in [6.07, 6.45) is 6.07. The monoisotopic (exact) mass is 247 g/mol. The Morgan fingerprint density at radius 2 is 2.00 bits per heavy atom. The van der Waals surface area contributed by atoms with Crippen molar-refractivity contribution in [3.8, 4) is 0 Å². The lowest BCUT2D eigenvalue weighted by Crippen LogP contribution is -2.42. The van der Waals surface area contributed by atoms with Gasteiger partial charge in [0.1, 0.15) is 5.69 Å². The van der Waals surface area contributed by atoms with E-state index in [1.54, 1.807) is 12.3 Å². The number of aromatic nitrogens is 1. The largest absolute Gasteiger partial charge is 0.348 e. The number of nitrogens with zero attached hydrogens (tertiary/aromatic N) is 2. The zero-order valence-corrected chi connectivity index (χ0v) is 11.1. The van der Waals surface area contributed by atoms with Crippen molar-refractivity contribution in [1.29, 1.82) is 0 Å². The minimum atomic E-state index is -0.0519. The average molecular weight is 247 g/mol. The summed E-state index contributed by atoms with van der Waals surface area (Å²) in [4.78, 5) is 18.3. The van der Waals surface area contributed by atoms with Crippen LogP contribution >= 0.6 is 0 Å². The van der Waals surface area contributed by atoms with Gasteiger partial charge < -0.3 is 10.2 Å². The van der Waals surface area contributed by atoms with Crippen LogP contribution in [0.2, 0.25) is 0 Å². The Bertz CT molecular complexity index is 383. The molecule has 0 radical (unpaired) electrons. The maximum atomic E-state index is 11.9. The summed E-state index contributed by atoms with van der Waals surface area (Å²) in [6, 6.07) is 6.37. The molecular weight excluding hydrogens is 226 g/mol. The number of amides is 1. The first kappa shape index (κ1) is 13.0. The van der Waals surface area contributed by atoms with Crippen LogP contribution in [0.15, 0.2) is 24.4 Å². The van der Waals surface area contributed by atoms with E-state index >= 15 is 0 Å². The van der Waals surface area contributed by atoms with Gasteiger partial charge in [-0.05, 0) is 51.9 Å². The fraction of sp³-hybridized carbons (Fsp3) is 0.571. The second-order valence-electron chi connectivity index (χ2n) is 5.16. The van der Waals surface area contributed by atoms with Gasteiger partial charge in [0.15, 0.2) is 0 Å². The standard InChI is InChI=1S/C14H21N3O/c1-17(2)12-8-6-11(7-9-12)16-14(18)13-5-3-4-10-15-13/h3-5,10-12H,6-9H2,1-2H3,(H,16,18). The Balaban J connectivity index is 1.83. The first-order valence-corrected chi connectivity index (χ1v) is 6.55. The molecule has 0 saturated heterocycles. The molecule has 0 aliphatic heterocycles. The Hall–Kier alpha value is -1.42. The molecule has 4 heteroatoms. The average Bonchev–Trinajstić information content (AvgIpc) is 2.40. The highest BCUT2D eigenvalue weighted by Crippen LogP contribution is 2.21. The van der Waals surface area contributed by atoms with Gasteiger partial charge in [-0.1, -0.05) is 6.07 Å². The highest BCUT2D eigenvalue weighted by atomic mass is 16.1. The van der Waals surface area contributed by atoms with Gasteiger partial charge in [-0.3, -0.25) is 9.78 Å². The molecular formula is C14H21N3O. The number of hydrogen-bond acceptors (Lipinski definition) is 3. The lowest BCUT2D eigenvalue weighted by molar-refractivity contribution is 0.0911. The quantitative estimate of drug-likeness (QED) is 0.884. The van der Waals surface area contributed by atoms with Gasteiger partial charge >= 0.3 is 0 Å². The van der Waals surface area contributed by atoms with E-state index in [4.69, 9.17) is 0 Å². The summed E-state index contributed by atoms with van der Waals surface area (Å²) in [5.74, 6) is -0.0519. The van der Waals surface area contributed by atoms with Crippen LogP contribution in [-0.2, 0) is 0 Å². The third-order valence-electron chi connectivity index (χ3n) is 3.66. The van der Waals surface area contributed by atoms with Crippen LogP contribution < -0.4 is 5.32 Å².